The minimum atomic E-state index is 0.422. The molecule has 0 saturated heterocycles. The van der Waals surface area contributed by atoms with E-state index in [1.165, 1.54) is 19.3 Å². The first kappa shape index (κ1) is 9.47. The summed E-state index contributed by atoms with van der Waals surface area (Å²) < 4.78 is 0.614. The molecule has 72 valence electrons. The Balaban J connectivity index is 2.43. The molecule has 0 aromatic carbocycles. The third-order valence-electron chi connectivity index (χ3n) is 2.65. The van der Waals surface area contributed by atoms with E-state index in [2.05, 4.69) is 27.0 Å². The minimum absolute atomic E-state index is 0.422. The van der Waals surface area contributed by atoms with E-state index in [-0.39, 0.29) is 0 Å². The molecule has 2 rings (SSSR count). The van der Waals surface area contributed by atoms with Gasteiger partial charge in [-0.25, -0.2) is 4.98 Å². The molecule has 1 aromatic heterocycles. The lowest BCUT2D eigenvalue weighted by molar-refractivity contribution is 0.411. The van der Waals surface area contributed by atoms with E-state index in [4.69, 9.17) is 11.0 Å². The summed E-state index contributed by atoms with van der Waals surface area (Å²) in [5.74, 6) is 0.934. The SMILES string of the molecule is N#Cc1cc(C2CCC2)nc(N)c1Br. The molecular formula is C10H10BrN3. The highest BCUT2D eigenvalue weighted by molar-refractivity contribution is 9.10. The number of pyridine rings is 1. The Labute approximate surface area is 91.1 Å². The van der Waals surface area contributed by atoms with Crippen LogP contribution >= 0.6 is 15.9 Å². The topological polar surface area (TPSA) is 62.7 Å². The van der Waals surface area contributed by atoms with E-state index < -0.39 is 0 Å². The maximum absolute atomic E-state index is 8.88. The van der Waals surface area contributed by atoms with E-state index in [0.717, 1.165) is 5.69 Å². The highest BCUT2D eigenvalue weighted by Crippen LogP contribution is 2.37. The fourth-order valence-electron chi connectivity index (χ4n) is 1.56. The predicted molar refractivity (Wildman–Crippen MR) is 57.7 cm³/mol. The number of nitrogens with two attached hydrogens (primary N) is 1. The molecule has 1 aromatic rings. The largest absolute Gasteiger partial charge is 0.383 e. The lowest BCUT2D eigenvalue weighted by Crippen LogP contribution is -2.12. The summed E-state index contributed by atoms with van der Waals surface area (Å²) >= 11 is 3.25. The molecule has 1 fully saturated rings. The maximum Gasteiger partial charge on any atom is 0.139 e. The van der Waals surface area contributed by atoms with Crippen molar-refractivity contribution in [2.75, 3.05) is 5.73 Å². The van der Waals surface area contributed by atoms with Gasteiger partial charge in [0.2, 0.25) is 0 Å². The summed E-state index contributed by atoms with van der Waals surface area (Å²) in [6.07, 6.45) is 3.59. The molecule has 1 saturated carbocycles. The van der Waals surface area contributed by atoms with E-state index in [9.17, 15) is 0 Å². The molecule has 4 heteroatoms. The zero-order valence-electron chi connectivity index (χ0n) is 7.63. The molecule has 0 aliphatic heterocycles. The van der Waals surface area contributed by atoms with Crippen LogP contribution in [0.25, 0.3) is 0 Å². The summed E-state index contributed by atoms with van der Waals surface area (Å²) in [5.41, 5.74) is 7.25. The Bertz CT molecular complexity index is 405. The summed E-state index contributed by atoms with van der Waals surface area (Å²) in [5, 5.41) is 8.88. The summed E-state index contributed by atoms with van der Waals surface area (Å²) in [6.45, 7) is 0. The average molecular weight is 252 g/mol. The second-order valence-electron chi connectivity index (χ2n) is 3.53. The van der Waals surface area contributed by atoms with Crippen molar-refractivity contribution < 1.29 is 0 Å². The van der Waals surface area contributed by atoms with Gasteiger partial charge < -0.3 is 5.73 Å². The molecule has 0 unspecified atom stereocenters. The standard InChI is InChI=1S/C10H10BrN3/c11-9-7(5-12)4-8(14-10(9)13)6-2-1-3-6/h4,6H,1-3H2,(H2,13,14). The first-order valence-electron chi connectivity index (χ1n) is 4.58. The molecule has 3 nitrogen and oxygen atoms in total. The van der Waals surface area contributed by atoms with Gasteiger partial charge in [0, 0.05) is 11.6 Å². The van der Waals surface area contributed by atoms with Gasteiger partial charge in [0.15, 0.2) is 0 Å². The van der Waals surface area contributed by atoms with Gasteiger partial charge in [0.25, 0.3) is 0 Å². The number of hydrogen-bond acceptors (Lipinski definition) is 3. The molecule has 1 aliphatic rings. The van der Waals surface area contributed by atoms with Gasteiger partial charge in [0.05, 0.1) is 10.0 Å². The number of hydrogen-bond donors (Lipinski definition) is 1. The molecule has 2 N–H and O–H groups in total. The smallest absolute Gasteiger partial charge is 0.139 e. The minimum Gasteiger partial charge on any atom is -0.383 e. The van der Waals surface area contributed by atoms with Crippen LogP contribution in [-0.2, 0) is 0 Å². The number of nitrogen functional groups attached to an aromatic ring is 1. The molecule has 0 atom stereocenters. The third-order valence-corrected chi connectivity index (χ3v) is 3.48. The van der Waals surface area contributed by atoms with Crippen molar-refractivity contribution >= 4 is 21.7 Å². The van der Waals surface area contributed by atoms with Crippen molar-refractivity contribution in [1.82, 2.24) is 4.98 Å². The molecule has 0 spiro atoms. The van der Waals surface area contributed by atoms with Crippen molar-refractivity contribution in [3.05, 3.63) is 21.8 Å². The number of anilines is 1. The van der Waals surface area contributed by atoms with Gasteiger partial charge >= 0.3 is 0 Å². The Morgan fingerprint density at radius 3 is 2.79 bits per heavy atom. The van der Waals surface area contributed by atoms with Crippen molar-refractivity contribution in [2.45, 2.75) is 25.2 Å². The van der Waals surface area contributed by atoms with Gasteiger partial charge in [-0.1, -0.05) is 6.42 Å². The van der Waals surface area contributed by atoms with Crippen LogP contribution in [0.5, 0.6) is 0 Å². The number of nitrogens with zero attached hydrogens (tertiary/aromatic N) is 2. The number of nitriles is 1. The van der Waals surface area contributed by atoms with E-state index >= 15 is 0 Å². The third kappa shape index (κ3) is 1.48. The Hall–Kier alpha value is -1.08. The van der Waals surface area contributed by atoms with Crippen LogP contribution in [0.2, 0.25) is 0 Å². The molecule has 0 radical (unpaired) electrons. The molecule has 14 heavy (non-hydrogen) atoms. The Morgan fingerprint density at radius 2 is 2.29 bits per heavy atom. The maximum atomic E-state index is 8.88. The highest BCUT2D eigenvalue weighted by atomic mass is 79.9. The molecule has 0 amide bonds. The second-order valence-corrected chi connectivity index (χ2v) is 4.33. The van der Waals surface area contributed by atoms with E-state index in [0.29, 0.717) is 21.8 Å². The zero-order valence-corrected chi connectivity index (χ0v) is 9.21. The Morgan fingerprint density at radius 1 is 1.57 bits per heavy atom. The van der Waals surface area contributed by atoms with Gasteiger partial charge in [-0.15, -0.1) is 0 Å². The van der Waals surface area contributed by atoms with Crippen LogP contribution < -0.4 is 5.73 Å². The van der Waals surface area contributed by atoms with Crippen molar-refractivity contribution in [3.8, 4) is 6.07 Å². The van der Waals surface area contributed by atoms with E-state index in [1.807, 2.05) is 6.07 Å². The molecule has 0 bridgehead atoms. The van der Waals surface area contributed by atoms with Gasteiger partial charge in [-0.05, 0) is 34.8 Å². The Kier molecular flexibility index (Phi) is 2.42. The van der Waals surface area contributed by atoms with Crippen LogP contribution in [-0.4, -0.2) is 4.98 Å². The summed E-state index contributed by atoms with van der Waals surface area (Å²) in [4.78, 5) is 4.28. The zero-order chi connectivity index (χ0) is 10.1. The van der Waals surface area contributed by atoms with Gasteiger partial charge in [-0.3, -0.25) is 0 Å². The number of rotatable bonds is 1. The van der Waals surface area contributed by atoms with Gasteiger partial charge in [0.1, 0.15) is 11.9 Å². The number of halogens is 1. The monoisotopic (exact) mass is 251 g/mol. The van der Waals surface area contributed by atoms with Crippen molar-refractivity contribution in [3.63, 3.8) is 0 Å². The molecular weight excluding hydrogens is 242 g/mol. The predicted octanol–water partition coefficient (Wildman–Crippen LogP) is 2.57. The van der Waals surface area contributed by atoms with Crippen LogP contribution in [0, 0.1) is 11.3 Å². The van der Waals surface area contributed by atoms with Crippen LogP contribution in [0.3, 0.4) is 0 Å². The van der Waals surface area contributed by atoms with Crippen LogP contribution in [0.4, 0.5) is 5.82 Å². The average Bonchev–Trinajstić information content (AvgIpc) is 2.08. The van der Waals surface area contributed by atoms with Crippen molar-refractivity contribution in [1.29, 1.82) is 5.26 Å². The van der Waals surface area contributed by atoms with Crippen LogP contribution in [0.15, 0.2) is 10.5 Å². The lowest BCUT2D eigenvalue weighted by Gasteiger charge is -2.25. The first-order valence-corrected chi connectivity index (χ1v) is 5.37. The lowest BCUT2D eigenvalue weighted by atomic mass is 9.82. The van der Waals surface area contributed by atoms with E-state index in [1.54, 1.807) is 0 Å². The van der Waals surface area contributed by atoms with Crippen LogP contribution in [0.1, 0.15) is 36.4 Å². The summed E-state index contributed by atoms with van der Waals surface area (Å²) in [7, 11) is 0. The van der Waals surface area contributed by atoms with Gasteiger partial charge in [-0.2, -0.15) is 5.26 Å². The normalized spacial score (nSPS) is 16.0. The fraction of sp³-hybridized carbons (Fsp3) is 0.400. The quantitative estimate of drug-likeness (QED) is 0.835. The second kappa shape index (κ2) is 3.58. The fourth-order valence-corrected chi connectivity index (χ4v) is 1.86. The first-order chi connectivity index (χ1) is 6.72. The highest BCUT2D eigenvalue weighted by Gasteiger charge is 2.22. The number of aromatic nitrogens is 1. The summed E-state index contributed by atoms with van der Waals surface area (Å²) in [6, 6.07) is 3.95. The molecule has 1 heterocycles. The molecule has 1 aliphatic carbocycles. The van der Waals surface area contributed by atoms with Crippen molar-refractivity contribution in [2.24, 2.45) is 0 Å².